The fourth-order valence-electron chi connectivity index (χ4n) is 1.66. The van der Waals surface area contributed by atoms with E-state index >= 15 is 0 Å². The van der Waals surface area contributed by atoms with Crippen LogP contribution >= 0.6 is 11.8 Å². The first-order chi connectivity index (χ1) is 8.56. The minimum atomic E-state index is -0.262. The van der Waals surface area contributed by atoms with Crippen molar-refractivity contribution in [2.75, 3.05) is 0 Å². The fourth-order valence-corrected chi connectivity index (χ4v) is 2.67. The molecule has 96 valence electrons. The molecule has 0 amide bonds. The second-order valence-corrected chi connectivity index (χ2v) is 5.30. The predicted octanol–water partition coefficient (Wildman–Crippen LogP) is 3.30. The summed E-state index contributed by atoms with van der Waals surface area (Å²) in [7, 11) is 0. The molecule has 1 aromatic carbocycles. The zero-order chi connectivity index (χ0) is 13.1. The lowest BCUT2D eigenvalue weighted by atomic mass is 10.1. The molecule has 0 aliphatic rings. The number of hydrogen-bond donors (Lipinski definition) is 1. The second kappa shape index (κ2) is 5.54. The van der Waals surface area contributed by atoms with Crippen molar-refractivity contribution in [1.29, 1.82) is 0 Å². The van der Waals surface area contributed by atoms with Crippen molar-refractivity contribution in [3.63, 3.8) is 0 Å². The molecule has 2 unspecified atom stereocenters. The number of aromatic nitrogens is 1. The van der Waals surface area contributed by atoms with Crippen molar-refractivity contribution in [3.05, 3.63) is 47.6 Å². The van der Waals surface area contributed by atoms with Gasteiger partial charge in [-0.05, 0) is 31.5 Å². The molecule has 0 saturated heterocycles. The summed E-state index contributed by atoms with van der Waals surface area (Å²) in [5.41, 5.74) is 7.62. The highest BCUT2D eigenvalue weighted by Gasteiger charge is 2.20. The Morgan fingerprint density at radius 1 is 1.44 bits per heavy atom. The average Bonchev–Trinajstić information content (AvgIpc) is 2.71. The molecule has 0 spiro atoms. The maximum atomic E-state index is 13.2. The largest absolute Gasteiger partial charge is 0.440 e. The van der Waals surface area contributed by atoms with Crippen LogP contribution in [-0.2, 0) is 0 Å². The summed E-state index contributed by atoms with van der Waals surface area (Å²) in [6.45, 7) is 3.75. The van der Waals surface area contributed by atoms with Gasteiger partial charge in [-0.1, -0.05) is 23.9 Å². The number of aryl methyl sites for hydroxylation is 1. The number of nitrogens with zero attached hydrogens (tertiary/aromatic N) is 1. The van der Waals surface area contributed by atoms with Crippen LogP contribution < -0.4 is 5.73 Å². The van der Waals surface area contributed by atoms with E-state index < -0.39 is 0 Å². The molecule has 0 radical (unpaired) electrons. The molecule has 5 heteroatoms. The summed E-state index contributed by atoms with van der Waals surface area (Å²) >= 11 is 1.41. The van der Waals surface area contributed by atoms with Crippen molar-refractivity contribution in [1.82, 2.24) is 4.98 Å². The van der Waals surface area contributed by atoms with Crippen molar-refractivity contribution in [3.8, 4) is 0 Å². The third-order valence-corrected chi connectivity index (χ3v) is 3.83. The molecule has 0 saturated carbocycles. The van der Waals surface area contributed by atoms with Crippen LogP contribution in [0.1, 0.15) is 23.4 Å². The van der Waals surface area contributed by atoms with E-state index in [-0.39, 0.29) is 17.1 Å². The van der Waals surface area contributed by atoms with Gasteiger partial charge in [-0.3, -0.25) is 0 Å². The first-order valence-corrected chi connectivity index (χ1v) is 6.54. The molecule has 0 aliphatic heterocycles. The van der Waals surface area contributed by atoms with E-state index in [1.54, 1.807) is 12.3 Å². The Morgan fingerprint density at radius 2 is 2.22 bits per heavy atom. The third-order valence-electron chi connectivity index (χ3n) is 2.48. The lowest BCUT2D eigenvalue weighted by Crippen LogP contribution is -2.22. The van der Waals surface area contributed by atoms with Gasteiger partial charge in [0.25, 0.3) is 5.22 Å². The van der Waals surface area contributed by atoms with Crippen LogP contribution in [0.25, 0.3) is 0 Å². The molecule has 18 heavy (non-hydrogen) atoms. The Balaban J connectivity index is 2.23. The number of hydrogen-bond acceptors (Lipinski definition) is 4. The number of benzene rings is 1. The molecule has 1 aromatic heterocycles. The van der Waals surface area contributed by atoms with Crippen molar-refractivity contribution >= 4 is 11.8 Å². The molecular formula is C13H15FN2OS. The Kier molecular flexibility index (Phi) is 4.04. The standard InChI is InChI=1S/C13H15FN2OS/c1-8-7-17-13(16-8)18-12(9(2)15)10-4-3-5-11(14)6-10/h3-7,9,12H,15H2,1-2H3. The molecule has 2 aromatic rings. The Labute approximate surface area is 110 Å². The number of oxazole rings is 1. The van der Waals surface area contributed by atoms with Crippen molar-refractivity contribution in [2.24, 2.45) is 5.73 Å². The van der Waals surface area contributed by atoms with Gasteiger partial charge in [-0.15, -0.1) is 0 Å². The van der Waals surface area contributed by atoms with E-state index in [2.05, 4.69) is 4.98 Å². The van der Waals surface area contributed by atoms with Crippen LogP contribution in [0.4, 0.5) is 4.39 Å². The van der Waals surface area contributed by atoms with Gasteiger partial charge in [0.05, 0.1) is 10.9 Å². The molecule has 2 atom stereocenters. The van der Waals surface area contributed by atoms with E-state index in [9.17, 15) is 4.39 Å². The summed E-state index contributed by atoms with van der Waals surface area (Å²) in [6, 6.07) is 6.32. The molecule has 3 nitrogen and oxygen atoms in total. The van der Waals surface area contributed by atoms with Gasteiger partial charge < -0.3 is 10.2 Å². The third kappa shape index (κ3) is 3.11. The SMILES string of the molecule is Cc1coc(SC(c2cccc(F)c2)C(C)N)n1. The molecule has 2 rings (SSSR count). The minimum absolute atomic E-state index is 0.0845. The fraction of sp³-hybridized carbons (Fsp3) is 0.308. The summed E-state index contributed by atoms with van der Waals surface area (Å²) in [5, 5.41) is 0.470. The minimum Gasteiger partial charge on any atom is -0.440 e. The first-order valence-electron chi connectivity index (χ1n) is 5.66. The quantitative estimate of drug-likeness (QED) is 0.863. The number of halogens is 1. The van der Waals surface area contributed by atoms with E-state index in [0.717, 1.165) is 11.3 Å². The van der Waals surface area contributed by atoms with Crippen LogP contribution in [0.15, 0.2) is 40.2 Å². The van der Waals surface area contributed by atoms with Gasteiger partial charge in [-0.25, -0.2) is 9.37 Å². The maximum absolute atomic E-state index is 13.2. The van der Waals surface area contributed by atoms with Gasteiger partial charge in [0.1, 0.15) is 12.1 Å². The normalized spacial score (nSPS) is 14.4. The number of rotatable bonds is 4. The molecule has 0 bridgehead atoms. The van der Waals surface area contributed by atoms with Crippen LogP contribution in [0.5, 0.6) is 0 Å². The van der Waals surface area contributed by atoms with Crippen molar-refractivity contribution < 1.29 is 8.81 Å². The highest BCUT2D eigenvalue weighted by atomic mass is 32.2. The monoisotopic (exact) mass is 266 g/mol. The molecular weight excluding hydrogens is 251 g/mol. The van der Waals surface area contributed by atoms with E-state index in [1.165, 1.54) is 23.9 Å². The topological polar surface area (TPSA) is 52.0 Å². The predicted molar refractivity (Wildman–Crippen MR) is 69.9 cm³/mol. The zero-order valence-electron chi connectivity index (χ0n) is 10.3. The van der Waals surface area contributed by atoms with Crippen molar-refractivity contribution in [2.45, 2.75) is 30.4 Å². The summed E-state index contributed by atoms with van der Waals surface area (Å²) in [6.07, 6.45) is 1.59. The highest BCUT2D eigenvalue weighted by Crippen LogP contribution is 2.36. The summed E-state index contributed by atoms with van der Waals surface area (Å²) in [5.74, 6) is -0.262. The van der Waals surface area contributed by atoms with Crippen LogP contribution in [0.3, 0.4) is 0 Å². The summed E-state index contributed by atoms with van der Waals surface area (Å²) < 4.78 is 18.5. The van der Waals surface area contributed by atoms with E-state index in [4.69, 9.17) is 10.2 Å². The van der Waals surface area contributed by atoms with E-state index in [0.29, 0.717) is 5.22 Å². The molecule has 2 N–H and O–H groups in total. The highest BCUT2D eigenvalue weighted by molar-refractivity contribution is 7.99. The first kappa shape index (κ1) is 13.1. The van der Waals surface area contributed by atoms with Gasteiger partial charge in [0.15, 0.2) is 0 Å². The summed E-state index contributed by atoms with van der Waals surface area (Å²) in [4.78, 5) is 4.23. The molecule has 0 aliphatic carbocycles. The second-order valence-electron chi connectivity index (χ2n) is 4.21. The maximum Gasteiger partial charge on any atom is 0.256 e. The smallest absolute Gasteiger partial charge is 0.256 e. The molecule has 1 heterocycles. The number of thioether (sulfide) groups is 1. The van der Waals surface area contributed by atoms with E-state index in [1.807, 2.05) is 19.9 Å². The van der Waals surface area contributed by atoms with Crippen LogP contribution in [0, 0.1) is 12.7 Å². The van der Waals surface area contributed by atoms with Gasteiger partial charge >= 0.3 is 0 Å². The Morgan fingerprint density at radius 3 is 2.78 bits per heavy atom. The zero-order valence-corrected chi connectivity index (χ0v) is 11.1. The van der Waals surface area contributed by atoms with Gasteiger partial charge in [0, 0.05) is 6.04 Å². The lowest BCUT2D eigenvalue weighted by molar-refractivity contribution is 0.452. The van der Waals surface area contributed by atoms with Crippen LogP contribution in [0.2, 0.25) is 0 Å². The lowest BCUT2D eigenvalue weighted by Gasteiger charge is -2.18. The van der Waals surface area contributed by atoms with Gasteiger partial charge in [0.2, 0.25) is 0 Å². The molecule has 0 fully saturated rings. The Hall–Kier alpha value is -1.33. The average molecular weight is 266 g/mol. The van der Waals surface area contributed by atoms with Crippen LogP contribution in [-0.4, -0.2) is 11.0 Å². The Bertz CT molecular complexity index is 527. The number of nitrogens with two attached hydrogens (primary N) is 1. The van der Waals surface area contributed by atoms with Gasteiger partial charge in [-0.2, -0.15) is 0 Å².